The second-order valence-electron chi connectivity index (χ2n) is 6.56. The van der Waals surface area contributed by atoms with Gasteiger partial charge >= 0.3 is 0 Å². The average molecular weight is 441 g/mol. The van der Waals surface area contributed by atoms with E-state index in [-0.39, 0.29) is 6.04 Å². The lowest BCUT2D eigenvalue weighted by atomic mass is 10.1. The van der Waals surface area contributed by atoms with E-state index < -0.39 is 22.0 Å². The fourth-order valence-electron chi connectivity index (χ4n) is 2.96. The number of carbonyl (C=O) groups excluding carboxylic acids is 1. The number of hydrogen-bond acceptors (Lipinski definition) is 5. The van der Waals surface area contributed by atoms with E-state index in [9.17, 15) is 13.2 Å². The lowest BCUT2D eigenvalue weighted by Gasteiger charge is -2.29. The van der Waals surface area contributed by atoms with Crippen LogP contribution in [-0.2, 0) is 14.8 Å². The molecule has 0 aliphatic carbocycles. The maximum Gasteiger partial charge on any atom is 0.244 e. The quantitative estimate of drug-likeness (QED) is 0.680. The summed E-state index contributed by atoms with van der Waals surface area (Å²) in [6.07, 6.45) is 1.05. The summed E-state index contributed by atoms with van der Waals surface area (Å²) in [5, 5.41) is 3.22. The standard InChI is InChI=1S/C20H25ClN2O5S/c1-13(15-9-10-18(27-3)19(11-15)28-4)22-20(24)14(2)23(29(5,25)26)17-8-6-7-16(21)12-17/h6-14H,1-5H3,(H,22,24)/t13-,14-/m1/s1. The van der Waals surface area contributed by atoms with Crippen LogP contribution in [0.1, 0.15) is 25.5 Å². The summed E-state index contributed by atoms with van der Waals surface area (Å²) in [6, 6.07) is 10.3. The summed E-state index contributed by atoms with van der Waals surface area (Å²) in [6.45, 7) is 3.33. The van der Waals surface area contributed by atoms with Crippen LogP contribution < -0.4 is 19.1 Å². The summed E-state index contributed by atoms with van der Waals surface area (Å²) < 4.78 is 36.3. The van der Waals surface area contributed by atoms with Crippen LogP contribution in [0.25, 0.3) is 0 Å². The van der Waals surface area contributed by atoms with Gasteiger partial charge in [0.25, 0.3) is 0 Å². The lowest BCUT2D eigenvalue weighted by molar-refractivity contribution is -0.122. The SMILES string of the molecule is COc1ccc([C@@H](C)NC(=O)[C@@H](C)N(c2cccc(Cl)c2)S(C)(=O)=O)cc1OC. The van der Waals surface area contributed by atoms with Crippen LogP contribution >= 0.6 is 11.6 Å². The van der Waals surface area contributed by atoms with Gasteiger partial charge < -0.3 is 14.8 Å². The number of hydrogen-bond donors (Lipinski definition) is 1. The monoisotopic (exact) mass is 440 g/mol. The van der Waals surface area contributed by atoms with Gasteiger partial charge in [-0.05, 0) is 49.7 Å². The van der Waals surface area contributed by atoms with Gasteiger partial charge in [-0.25, -0.2) is 8.42 Å². The smallest absolute Gasteiger partial charge is 0.244 e. The molecule has 2 rings (SSSR count). The van der Waals surface area contributed by atoms with Gasteiger partial charge in [-0.15, -0.1) is 0 Å². The number of benzene rings is 2. The second-order valence-corrected chi connectivity index (χ2v) is 8.86. The molecule has 7 nitrogen and oxygen atoms in total. The van der Waals surface area contributed by atoms with Crippen molar-refractivity contribution in [3.8, 4) is 11.5 Å². The van der Waals surface area contributed by atoms with E-state index >= 15 is 0 Å². The maximum atomic E-state index is 12.8. The van der Waals surface area contributed by atoms with Gasteiger partial charge in [-0.2, -0.15) is 0 Å². The highest BCUT2D eigenvalue weighted by molar-refractivity contribution is 7.92. The Hall–Kier alpha value is -2.45. The van der Waals surface area contributed by atoms with E-state index in [4.69, 9.17) is 21.1 Å². The van der Waals surface area contributed by atoms with Crippen LogP contribution in [-0.4, -0.2) is 40.8 Å². The van der Waals surface area contributed by atoms with E-state index in [1.165, 1.54) is 20.1 Å². The molecule has 0 fully saturated rings. The Morgan fingerprint density at radius 2 is 1.72 bits per heavy atom. The van der Waals surface area contributed by atoms with Crippen molar-refractivity contribution >= 4 is 33.2 Å². The molecule has 0 aliphatic rings. The Labute approximate surface area is 176 Å². The van der Waals surface area contributed by atoms with E-state index in [0.717, 1.165) is 16.1 Å². The summed E-state index contributed by atoms with van der Waals surface area (Å²) in [5.74, 6) is 0.667. The topological polar surface area (TPSA) is 84.9 Å². The number of carbonyl (C=O) groups is 1. The summed E-state index contributed by atoms with van der Waals surface area (Å²) >= 11 is 6.00. The highest BCUT2D eigenvalue weighted by Crippen LogP contribution is 2.30. The molecule has 2 aromatic carbocycles. The van der Waals surface area contributed by atoms with Gasteiger partial charge in [0.05, 0.1) is 32.2 Å². The number of sulfonamides is 1. The molecule has 158 valence electrons. The van der Waals surface area contributed by atoms with Crippen LogP contribution in [0.3, 0.4) is 0 Å². The van der Waals surface area contributed by atoms with Crippen LogP contribution in [0.2, 0.25) is 5.02 Å². The molecule has 2 atom stereocenters. The Morgan fingerprint density at radius 3 is 2.28 bits per heavy atom. The predicted octanol–water partition coefficient (Wildman–Crippen LogP) is 3.39. The first kappa shape index (κ1) is 22.8. The van der Waals surface area contributed by atoms with Crippen molar-refractivity contribution in [2.24, 2.45) is 0 Å². The first-order chi connectivity index (χ1) is 13.6. The number of methoxy groups -OCH3 is 2. The fourth-order valence-corrected chi connectivity index (χ4v) is 4.31. The fraction of sp³-hybridized carbons (Fsp3) is 0.350. The number of halogens is 1. The Balaban J connectivity index is 2.25. The van der Waals surface area contributed by atoms with Crippen molar-refractivity contribution in [2.45, 2.75) is 25.9 Å². The molecular weight excluding hydrogens is 416 g/mol. The number of ether oxygens (including phenoxy) is 2. The number of nitrogens with zero attached hydrogens (tertiary/aromatic N) is 1. The zero-order chi connectivity index (χ0) is 21.8. The summed E-state index contributed by atoms with van der Waals surface area (Å²) in [5.41, 5.74) is 1.11. The number of rotatable bonds is 8. The Bertz CT molecular complexity index is 981. The number of anilines is 1. The first-order valence-corrected chi connectivity index (χ1v) is 11.1. The van der Waals surface area contributed by atoms with Gasteiger partial charge in [0.1, 0.15) is 6.04 Å². The summed E-state index contributed by atoms with van der Waals surface area (Å²) in [7, 11) is -0.650. The molecule has 29 heavy (non-hydrogen) atoms. The Kier molecular flexibility index (Phi) is 7.37. The maximum absolute atomic E-state index is 12.8. The van der Waals surface area contributed by atoms with Crippen molar-refractivity contribution in [3.63, 3.8) is 0 Å². The second kappa shape index (κ2) is 9.37. The molecule has 0 saturated heterocycles. The first-order valence-electron chi connectivity index (χ1n) is 8.85. The highest BCUT2D eigenvalue weighted by atomic mass is 35.5. The molecule has 0 radical (unpaired) electrons. The van der Waals surface area contributed by atoms with Gasteiger partial charge in [0, 0.05) is 5.02 Å². The van der Waals surface area contributed by atoms with Crippen LogP contribution in [0.4, 0.5) is 5.69 Å². The molecular formula is C20H25ClN2O5S. The molecule has 0 unspecified atom stereocenters. The predicted molar refractivity (Wildman–Crippen MR) is 114 cm³/mol. The summed E-state index contributed by atoms with van der Waals surface area (Å²) in [4.78, 5) is 12.8. The minimum atomic E-state index is -3.72. The van der Waals surface area contributed by atoms with E-state index in [0.29, 0.717) is 22.2 Å². The third-order valence-corrected chi connectivity index (χ3v) is 5.89. The molecule has 0 saturated carbocycles. The Morgan fingerprint density at radius 1 is 1.07 bits per heavy atom. The molecule has 0 heterocycles. The van der Waals surface area contributed by atoms with Crippen LogP contribution in [0.15, 0.2) is 42.5 Å². The molecule has 0 aromatic heterocycles. The molecule has 0 spiro atoms. The van der Waals surface area contributed by atoms with Gasteiger partial charge in [-0.1, -0.05) is 23.7 Å². The molecule has 1 amide bonds. The van der Waals surface area contributed by atoms with E-state index in [1.54, 1.807) is 44.4 Å². The van der Waals surface area contributed by atoms with Gasteiger partial charge in [-0.3, -0.25) is 9.10 Å². The van der Waals surface area contributed by atoms with E-state index in [1.807, 2.05) is 6.07 Å². The van der Waals surface area contributed by atoms with Gasteiger partial charge in [0.15, 0.2) is 11.5 Å². The minimum absolute atomic E-state index is 0.321. The molecule has 0 aliphatic heterocycles. The molecule has 0 bridgehead atoms. The highest BCUT2D eigenvalue weighted by Gasteiger charge is 2.30. The van der Waals surface area contributed by atoms with Crippen LogP contribution in [0, 0.1) is 0 Å². The van der Waals surface area contributed by atoms with Gasteiger partial charge in [0.2, 0.25) is 15.9 Å². The zero-order valence-electron chi connectivity index (χ0n) is 17.0. The zero-order valence-corrected chi connectivity index (χ0v) is 18.5. The van der Waals surface area contributed by atoms with Crippen molar-refractivity contribution in [2.75, 3.05) is 24.8 Å². The largest absolute Gasteiger partial charge is 0.493 e. The molecule has 9 heteroatoms. The third-order valence-electron chi connectivity index (χ3n) is 4.42. The molecule has 1 N–H and O–H groups in total. The molecule has 2 aromatic rings. The minimum Gasteiger partial charge on any atom is -0.493 e. The van der Waals surface area contributed by atoms with E-state index in [2.05, 4.69) is 5.32 Å². The number of amides is 1. The van der Waals surface area contributed by atoms with Crippen molar-refractivity contribution in [3.05, 3.63) is 53.1 Å². The van der Waals surface area contributed by atoms with Crippen molar-refractivity contribution < 1.29 is 22.7 Å². The number of nitrogens with one attached hydrogen (secondary N) is 1. The van der Waals surface area contributed by atoms with Crippen LogP contribution in [0.5, 0.6) is 11.5 Å². The van der Waals surface area contributed by atoms with Crippen molar-refractivity contribution in [1.82, 2.24) is 5.32 Å². The van der Waals surface area contributed by atoms with Crippen molar-refractivity contribution in [1.29, 1.82) is 0 Å². The average Bonchev–Trinajstić information content (AvgIpc) is 2.66. The third kappa shape index (κ3) is 5.55. The lowest BCUT2D eigenvalue weighted by Crippen LogP contribution is -2.48. The normalized spacial score (nSPS) is 13.3.